The van der Waals surface area contributed by atoms with E-state index in [9.17, 15) is 53.7 Å². The number of phenolic OH excluding ortho intramolecular Hbond substituents is 1. The van der Waals surface area contributed by atoms with Crippen molar-refractivity contribution in [3.8, 4) is 5.75 Å². The van der Waals surface area contributed by atoms with Gasteiger partial charge in [0.25, 0.3) is 0 Å². The molecule has 0 bridgehead atoms. The van der Waals surface area contributed by atoms with Crippen molar-refractivity contribution in [2.24, 2.45) is 11.3 Å². The van der Waals surface area contributed by atoms with Crippen LogP contribution in [-0.4, -0.2) is 107 Å². The van der Waals surface area contributed by atoms with E-state index in [2.05, 4.69) is 38.8 Å². The topological polar surface area (TPSA) is 269 Å². The number of hydrogen-bond acceptors (Lipinski definition) is 10. The van der Waals surface area contributed by atoms with Gasteiger partial charge in [-0.25, -0.2) is 0 Å². The lowest BCUT2D eigenvalue weighted by molar-refractivity contribution is -0.142. The maximum Gasteiger partial charge on any atom is 0.305 e. The molecule has 0 aliphatic heterocycles. The zero-order valence-electron chi connectivity index (χ0n) is 32.8. The Bertz CT molecular complexity index is 1460. The fourth-order valence-corrected chi connectivity index (χ4v) is 5.84. The second-order valence-corrected chi connectivity index (χ2v) is 14.6. The van der Waals surface area contributed by atoms with Crippen LogP contribution in [0, 0.1) is 11.3 Å². The van der Waals surface area contributed by atoms with Crippen LogP contribution in [0.25, 0.3) is 0 Å². The predicted molar refractivity (Wildman–Crippen MR) is 203 cm³/mol. The number of nitrogens with one attached hydrogen (secondary N) is 6. The van der Waals surface area contributed by atoms with Gasteiger partial charge in [-0.3, -0.25) is 38.4 Å². The highest BCUT2D eigenvalue weighted by molar-refractivity contribution is 5.98. The van der Waals surface area contributed by atoms with Crippen LogP contribution in [0.4, 0.5) is 0 Å². The fourth-order valence-electron chi connectivity index (χ4n) is 5.84. The first kappa shape index (κ1) is 48.0. The van der Waals surface area contributed by atoms with Crippen LogP contribution >= 0.6 is 0 Å². The Morgan fingerprint density at radius 3 is 1.73 bits per heavy atom. The lowest BCUT2D eigenvalue weighted by Gasteiger charge is -2.34. The molecule has 1 aromatic rings. The number of Topliss-reactive ketones (excluding diaryl/α,β-unsaturated/α-hetero) is 1. The van der Waals surface area contributed by atoms with E-state index in [0.717, 1.165) is 25.7 Å². The summed E-state index contributed by atoms with van der Waals surface area (Å²) < 4.78 is 0. The molecule has 0 aliphatic rings. The third kappa shape index (κ3) is 18.7. The van der Waals surface area contributed by atoms with Crippen molar-refractivity contribution in [1.29, 1.82) is 0 Å². The van der Waals surface area contributed by atoms with Crippen LogP contribution in [0.2, 0.25) is 0 Å². The third-order valence-corrected chi connectivity index (χ3v) is 8.75. The molecule has 0 aliphatic carbocycles. The number of amides is 5. The van der Waals surface area contributed by atoms with Gasteiger partial charge in [0.15, 0.2) is 5.78 Å². The molecule has 0 saturated heterocycles. The molecule has 308 valence electrons. The quantitative estimate of drug-likeness (QED) is 0.0600. The largest absolute Gasteiger partial charge is 0.508 e. The standard InChI is InChI=1S/C38H60N6O11/c1-7-9-10-12-24(11-8-2)33(52)34(38(3,4)5)44-37(55)28(20-32(50)51)43-36(54)26(18-15-23-13-16-25(45)17-14-23)41-30(47)22-40-35(53)27(19-31(48)49)42-29(46)21-39-6/h13-14,16-17,24,26-28,34,39,45H,7-12,15,18-22H2,1-6H3,(H,40,53)(H,41,47)(H,42,46)(H,43,54)(H,44,55)(H,48,49)(H,50,51)/t24?,26-,27-,28-,34?/m0/s1. The summed E-state index contributed by atoms with van der Waals surface area (Å²) in [5.74, 6) is -7.63. The molecule has 9 N–H and O–H groups in total. The van der Waals surface area contributed by atoms with Crippen molar-refractivity contribution in [3.63, 3.8) is 0 Å². The molecule has 0 aromatic heterocycles. The number of ketones is 1. The first-order valence-electron chi connectivity index (χ1n) is 18.7. The summed E-state index contributed by atoms with van der Waals surface area (Å²) in [6.45, 7) is 8.44. The number of carbonyl (C=O) groups excluding carboxylic acids is 6. The Balaban J connectivity index is 3.29. The number of hydrogen-bond donors (Lipinski definition) is 9. The molecular formula is C38H60N6O11. The van der Waals surface area contributed by atoms with E-state index in [1.165, 1.54) is 19.2 Å². The molecule has 55 heavy (non-hydrogen) atoms. The second kappa shape index (κ2) is 24.4. The van der Waals surface area contributed by atoms with Crippen molar-refractivity contribution < 1.29 is 53.7 Å². The van der Waals surface area contributed by atoms with Gasteiger partial charge in [-0.05, 0) is 55.8 Å². The van der Waals surface area contributed by atoms with E-state index in [-0.39, 0.29) is 36.8 Å². The lowest BCUT2D eigenvalue weighted by atomic mass is 9.77. The number of carboxylic acids is 2. The van der Waals surface area contributed by atoms with Crippen LogP contribution in [0.3, 0.4) is 0 Å². The predicted octanol–water partition coefficient (Wildman–Crippen LogP) is 1.16. The van der Waals surface area contributed by atoms with Crippen LogP contribution in [-0.2, 0) is 44.8 Å². The summed E-state index contributed by atoms with van der Waals surface area (Å²) in [7, 11) is 1.48. The summed E-state index contributed by atoms with van der Waals surface area (Å²) >= 11 is 0. The second-order valence-electron chi connectivity index (χ2n) is 14.6. The summed E-state index contributed by atoms with van der Waals surface area (Å²) in [6, 6.07) is 0.525. The van der Waals surface area contributed by atoms with Gasteiger partial charge >= 0.3 is 11.9 Å². The van der Waals surface area contributed by atoms with Crippen LogP contribution < -0.4 is 31.9 Å². The van der Waals surface area contributed by atoms with Gasteiger partial charge in [-0.2, -0.15) is 0 Å². The molecule has 0 heterocycles. The number of aromatic hydroxyl groups is 1. The molecule has 17 heteroatoms. The molecule has 0 spiro atoms. The number of unbranched alkanes of at least 4 members (excludes halogenated alkanes) is 2. The smallest absolute Gasteiger partial charge is 0.305 e. The Hall–Kier alpha value is -5.06. The summed E-state index contributed by atoms with van der Waals surface area (Å²) in [5, 5.41) is 43.2. The molecule has 0 fully saturated rings. The third-order valence-electron chi connectivity index (χ3n) is 8.75. The normalized spacial score (nSPS) is 13.9. The summed E-state index contributed by atoms with van der Waals surface area (Å²) in [6.07, 6.45) is 3.27. The SMILES string of the molecule is CCCCCC(CCC)C(=O)C(NC(=O)[C@H](CC(=O)O)NC(=O)[C@H](CCc1ccc(O)cc1)NC(=O)CNC(=O)[C@H](CC(=O)O)NC(=O)CNC)C(C)(C)C. The average Bonchev–Trinajstić information content (AvgIpc) is 3.09. The fraction of sp³-hybridized carbons (Fsp3) is 0.632. The minimum absolute atomic E-state index is 0.00183. The molecule has 5 amide bonds. The molecule has 1 rings (SSSR count). The van der Waals surface area contributed by atoms with E-state index in [1.807, 2.05) is 6.92 Å². The molecular weight excluding hydrogens is 716 g/mol. The Morgan fingerprint density at radius 2 is 1.20 bits per heavy atom. The average molecular weight is 777 g/mol. The highest BCUT2D eigenvalue weighted by Gasteiger charge is 2.38. The Labute approximate surface area is 322 Å². The number of benzene rings is 1. The minimum Gasteiger partial charge on any atom is -0.508 e. The number of aliphatic carboxylic acids is 2. The zero-order valence-corrected chi connectivity index (χ0v) is 32.8. The van der Waals surface area contributed by atoms with E-state index in [1.54, 1.807) is 32.9 Å². The minimum atomic E-state index is -1.64. The first-order chi connectivity index (χ1) is 25.8. The molecule has 0 radical (unpaired) electrons. The molecule has 1 aromatic carbocycles. The summed E-state index contributed by atoms with van der Waals surface area (Å²) in [4.78, 5) is 102. The van der Waals surface area contributed by atoms with E-state index < -0.39 is 90.4 Å². The maximum atomic E-state index is 13.9. The molecule has 2 unspecified atom stereocenters. The number of carbonyl (C=O) groups is 8. The van der Waals surface area contributed by atoms with Crippen LogP contribution in [0.1, 0.15) is 98.0 Å². The van der Waals surface area contributed by atoms with E-state index in [0.29, 0.717) is 18.4 Å². The van der Waals surface area contributed by atoms with Gasteiger partial charge in [-0.1, -0.05) is 72.4 Å². The van der Waals surface area contributed by atoms with Gasteiger partial charge in [0.2, 0.25) is 29.5 Å². The van der Waals surface area contributed by atoms with Crippen molar-refractivity contribution >= 4 is 47.3 Å². The van der Waals surface area contributed by atoms with Gasteiger partial charge in [0.1, 0.15) is 23.9 Å². The van der Waals surface area contributed by atoms with Gasteiger partial charge < -0.3 is 47.2 Å². The van der Waals surface area contributed by atoms with Crippen LogP contribution in [0.15, 0.2) is 24.3 Å². The Kier molecular flexibility index (Phi) is 21.2. The van der Waals surface area contributed by atoms with Gasteiger partial charge in [0.05, 0.1) is 32.0 Å². The first-order valence-corrected chi connectivity index (χ1v) is 18.7. The number of phenols is 1. The summed E-state index contributed by atoms with van der Waals surface area (Å²) in [5.41, 5.74) is -0.0928. The molecule has 17 nitrogen and oxygen atoms in total. The number of carboxylic acid groups (broad SMARTS) is 2. The van der Waals surface area contributed by atoms with E-state index >= 15 is 0 Å². The van der Waals surface area contributed by atoms with E-state index in [4.69, 9.17) is 0 Å². The van der Waals surface area contributed by atoms with Crippen molar-refractivity contribution in [2.45, 2.75) is 123 Å². The Morgan fingerprint density at radius 1 is 0.655 bits per heavy atom. The van der Waals surface area contributed by atoms with Gasteiger partial charge in [0, 0.05) is 5.92 Å². The molecule has 5 atom stereocenters. The highest BCUT2D eigenvalue weighted by atomic mass is 16.4. The van der Waals surface area contributed by atoms with Crippen molar-refractivity contribution in [3.05, 3.63) is 29.8 Å². The lowest BCUT2D eigenvalue weighted by Crippen LogP contribution is -2.59. The monoisotopic (exact) mass is 776 g/mol. The highest BCUT2D eigenvalue weighted by Crippen LogP contribution is 2.27. The molecule has 0 saturated carbocycles. The van der Waals surface area contributed by atoms with Crippen LogP contribution in [0.5, 0.6) is 5.75 Å². The van der Waals surface area contributed by atoms with Crippen molar-refractivity contribution in [1.82, 2.24) is 31.9 Å². The number of rotatable bonds is 26. The number of likely N-dealkylation sites (N-methyl/N-ethyl adjacent to an activating group) is 1. The number of aryl methyl sites for hydroxylation is 1. The zero-order chi connectivity index (χ0) is 41.7. The van der Waals surface area contributed by atoms with Crippen molar-refractivity contribution in [2.75, 3.05) is 20.1 Å². The maximum absolute atomic E-state index is 13.9. The van der Waals surface area contributed by atoms with Gasteiger partial charge in [-0.15, -0.1) is 0 Å².